The smallest absolute Gasteiger partial charge is 0.280 e. The van der Waals surface area contributed by atoms with E-state index in [1.54, 1.807) is 30.5 Å². The molecule has 3 aromatic rings. The summed E-state index contributed by atoms with van der Waals surface area (Å²) in [5.41, 5.74) is 0.610. The molecular weight excluding hydrogens is 534 g/mol. The summed E-state index contributed by atoms with van der Waals surface area (Å²) in [6.45, 7) is 14.8. The van der Waals surface area contributed by atoms with Crippen molar-refractivity contribution in [1.29, 1.82) is 0 Å². The lowest BCUT2D eigenvalue weighted by atomic mass is 10.2. The van der Waals surface area contributed by atoms with Crippen LogP contribution in [-0.4, -0.2) is 56.8 Å². The molecule has 1 aliphatic heterocycles. The number of fused-ring (bicyclic) bond motifs is 1. The zero-order chi connectivity index (χ0) is 28.5. The zero-order valence-corrected chi connectivity index (χ0v) is 25.3. The summed E-state index contributed by atoms with van der Waals surface area (Å²) in [6.07, 6.45) is 1.12. The lowest BCUT2D eigenvalue weighted by molar-refractivity contribution is -0.118. The van der Waals surface area contributed by atoms with Crippen molar-refractivity contribution in [3.63, 3.8) is 0 Å². The van der Waals surface area contributed by atoms with Crippen LogP contribution in [0.4, 0.5) is 5.95 Å². The largest absolute Gasteiger partial charge is 0.414 e. The lowest BCUT2D eigenvalue weighted by Crippen LogP contribution is -2.43. The summed E-state index contributed by atoms with van der Waals surface area (Å²) in [5, 5.41) is 2.44. The highest BCUT2D eigenvalue weighted by Crippen LogP contribution is 2.41. The monoisotopic (exact) mass is 571 g/mol. The molecule has 1 fully saturated rings. The van der Waals surface area contributed by atoms with Gasteiger partial charge in [0.1, 0.15) is 6.23 Å². The first kappa shape index (κ1) is 29.2. The van der Waals surface area contributed by atoms with Crippen molar-refractivity contribution in [2.24, 2.45) is 5.92 Å². The van der Waals surface area contributed by atoms with E-state index in [-0.39, 0.29) is 44.8 Å². The molecule has 1 saturated heterocycles. The van der Waals surface area contributed by atoms with Crippen molar-refractivity contribution in [2.45, 2.75) is 76.8 Å². The molecule has 3 heterocycles. The topological polar surface area (TPSA) is 128 Å². The van der Waals surface area contributed by atoms with Crippen LogP contribution in [0.1, 0.15) is 57.6 Å². The molecule has 10 nitrogen and oxygen atoms in total. The van der Waals surface area contributed by atoms with Gasteiger partial charge in [0.2, 0.25) is 17.0 Å². The zero-order valence-electron chi connectivity index (χ0n) is 23.5. The molecule has 3 atom stereocenters. The van der Waals surface area contributed by atoms with Crippen LogP contribution in [-0.2, 0) is 14.0 Å². The average molecular weight is 572 g/mol. The van der Waals surface area contributed by atoms with Gasteiger partial charge in [0.15, 0.2) is 19.5 Å². The molecule has 0 radical (unpaired) electrons. The van der Waals surface area contributed by atoms with Gasteiger partial charge in [-0.1, -0.05) is 76.7 Å². The number of carbonyl (C=O) groups is 2. The maximum Gasteiger partial charge on any atom is 0.280 e. The molecule has 0 saturated carbocycles. The molecule has 39 heavy (non-hydrogen) atoms. The van der Waals surface area contributed by atoms with Crippen molar-refractivity contribution in [3.8, 4) is 0 Å². The van der Waals surface area contributed by atoms with Crippen LogP contribution < -0.4 is 10.9 Å². The Labute approximate surface area is 233 Å². The van der Waals surface area contributed by atoms with Crippen molar-refractivity contribution in [3.05, 3.63) is 52.6 Å². The van der Waals surface area contributed by atoms with Gasteiger partial charge in [-0.05, 0) is 18.1 Å². The van der Waals surface area contributed by atoms with Gasteiger partial charge in [-0.25, -0.2) is 4.98 Å². The number of aromatic amines is 1. The van der Waals surface area contributed by atoms with Crippen LogP contribution in [0.2, 0.25) is 18.1 Å². The lowest BCUT2D eigenvalue weighted by Gasteiger charge is -2.37. The van der Waals surface area contributed by atoms with Gasteiger partial charge in [-0.3, -0.25) is 29.3 Å². The van der Waals surface area contributed by atoms with E-state index in [1.165, 1.54) is 18.1 Å². The fourth-order valence-corrected chi connectivity index (χ4v) is 6.01. The highest BCUT2D eigenvalue weighted by molar-refractivity contribution is 8.14. The summed E-state index contributed by atoms with van der Waals surface area (Å²) < 4.78 is 14.7. The van der Waals surface area contributed by atoms with Gasteiger partial charge in [0.05, 0.1) is 19.0 Å². The maximum absolute atomic E-state index is 13.1. The molecule has 12 heteroatoms. The predicted octanol–water partition coefficient (Wildman–Crippen LogP) is 4.97. The molecule has 4 rings (SSSR count). The fraction of sp³-hybridized carbons (Fsp3) is 0.519. The minimum absolute atomic E-state index is 0.0236. The van der Waals surface area contributed by atoms with E-state index in [2.05, 4.69) is 54.1 Å². The minimum atomic E-state index is -2.07. The molecule has 0 bridgehead atoms. The summed E-state index contributed by atoms with van der Waals surface area (Å²) >= 11 is 1.24. The SMILES string of the molecule is CC(C)C(=O)Nc1nc2c(ncn2[C@H]2C[C@H](SC(=O)c3ccccc3)[C@@H](CO[Si](C)(C)C(C)(C)C)O2)c(=O)[nH]1. The second kappa shape index (κ2) is 11.4. The normalized spacial score (nSPS) is 20.1. The fourth-order valence-electron chi connectivity index (χ4n) is 3.89. The molecular formula is C27H37N5O5SSi. The van der Waals surface area contributed by atoms with E-state index < -0.39 is 20.1 Å². The van der Waals surface area contributed by atoms with Crippen molar-refractivity contribution < 1.29 is 18.8 Å². The van der Waals surface area contributed by atoms with E-state index in [9.17, 15) is 14.4 Å². The number of rotatable bonds is 8. The number of nitrogens with one attached hydrogen (secondary N) is 2. The Morgan fingerprint density at radius 3 is 2.59 bits per heavy atom. The Balaban J connectivity index is 1.62. The third-order valence-corrected chi connectivity index (χ3v) is 13.1. The van der Waals surface area contributed by atoms with Gasteiger partial charge in [-0.2, -0.15) is 4.98 Å². The third kappa shape index (κ3) is 6.51. The van der Waals surface area contributed by atoms with E-state index in [4.69, 9.17) is 9.16 Å². The molecule has 1 aromatic carbocycles. The number of aromatic nitrogens is 4. The van der Waals surface area contributed by atoms with Gasteiger partial charge in [0.25, 0.3) is 5.56 Å². The van der Waals surface area contributed by atoms with Crippen molar-refractivity contribution in [2.75, 3.05) is 11.9 Å². The Bertz CT molecular complexity index is 1400. The number of nitrogens with zero attached hydrogens (tertiary/aromatic N) is 3. The first-order chi connectivity index (χ1) is 18.3. The first-order valence-corrected chi connectivity index (χ1v) is 16.9. The number of thioether (sulfide) groups is 1. The summed E-state index contributed by atoms with van der Waals surface area (Å²) in [7, 11) is -2.07. The third-order valence-electron chi connectivity index (χ3n) is 7.37. The van der Waals surface area contributed by atoms with E-state index >= 15 is 0 Å². The van der Waals surface area contributed by atoms with Gasteiger partial charge in [0, 0.05) is 23.2 Å². The van der Waals surface area contributed by atoms with Crippen molar-refractivity contribution >= 4 is 48.2 Å². The summed E-state index contributed by atoms with van der Waals surface area (Å²) in [5.74, 6) is -0.496. The molecule has 0 spiro atoms. The van der Waals surface area contributed by atoms with Crippen LogP contribution in [0.25, 0.3) is 11.2 Å². The number of ether oxygens (including phenoxy) is 1. The first-order valence-electron chi connectivity index (χ1n) is 13.1. The Morgan fingerprint density at radius 2 is 1.95 bits per heavy atom. The van der Waals surface area contributed by atoms with Crippen LogP contribution in [0.5, 0.6) is 0 Å². The Kier molecular flexibility index (Phi) is 8.50. The highest BCUT2D eigenvalue weighted by Gasteiger charge is 2.43. The Hall–Kier alpha value is -2.80. The average Bonchev–Trinajstić information content (AvgIpc) is 3.46. The Morgan fingerprint density at radius 1 is 1.26 bits per heavy atom. The molecule has 2 N–H and O–H groups in total. The van der Waals surface area contributed by atoms with Gasteiger partial charge >= 0.3 is 0 Å². The van der Waals surface area contributed by atoms with Gasteiger partial charge < -0.3 is 9.16 Å². The highest BCUT2D eigenvalue weighted by atomic mass is 32.2. The standard InChI is InChI=1S/C27H37N5O5SSi/c1-16(2)23(33)30-26-29-22-21(24(34)31-26)28-15-32(22)20-13-19(38-25(35)17-11-9-8-10-12-17)18(37-20)14-36-39(6,7)27(3,4)5/h8-12,15-16,18-20H,13-14H2,1-7H3,(H2,29,30,31,33,34)/t18-,19+,20-/m1/s1. The molecule has 0 aliphatic carbocycles. The number of benzene rings is 1. The number of hydrogen-bond acceptors (Lipinski definition) is 8. The molecule has 1 amide bonds. The van der Waals surface area contributed by atoms with E-state index in [0.717, 1.165) is 0 Å². The number of H-pyrrole nitrogens is 1. The van der Waals surface area contributed by atoms with Gasteiger partial charge in [-0.15, -0.1) is 0 Å². The predicted molar refractivity (Wildman–Crippen MR) is 155 cm³/mol. The molecule has 0 unspecified atom stereocenters. The van der Waals surface area contributed by atoms with E-state index in [0.29, 0.717) is 24.2 Å². The molecule has 210 valence electrons. The maximum atomic E-state index is 13.1. The second-order valence-corrected chi connectivity index (χ2v) is 17.6. The molecule has 2 aromatic heterocycles. The van der Waals surface area contributed by atoms with E-state index in [1.807, 2.05) is 18.2 Å². The number of carbonyl (C=O) groups excluding carboxylic acids is 2. The summed E-state index contributed by atoms with van der Waals surface area (Å²) in [6, 6.07) is 9.17. The summed E-state index contributed by atoms with van der Waals surface area (Å²) in [4.78, 5) is 49.3. The quantitative estimate of drug-likeness (QED) is 0.363. The van der Waals surface area contributed by atoms with Crippen molar-refractivity contribution in [1.82, 2.24) is 19.5 Å². The molecule has 1 aliphatic rings. The van der Waals surface area contributed by atoms with Crippen LogP contribution >= 0.6 is 11.8 Å². The number of amides is 1. The number of hydrogen-bond donors (Lipinski definition) is 2. The second-order valence-electron chi connectivity index (χ2n) is 11.6. The number of imidazole rings is 1. The van der Waals surface area contributed by atoms with Crippen LogP contribution in [0.15, 0.2) is 41.5 Å². The number of anilines is 1. The minimum Gasteiger partial charge on any atom is -0.414 e. The van der Waals surface area contributed by atoms with Crippen LogP contribution in [0.3, 0.4) is 0 Å². The van der Waals surface area contributed by atoms with Crippen LogP contribution in [0, 0.1) is 5.92 Å².